The van der Waals surface area contributed by atoms with Crippen molar-refractivity contribution in [3.8, 4) is 0 Å². The molecule has 0 aromatic heterocycles. The van der Waals surface area contributed by atoms with Crippen LogP contribution in [0, 0.1) is 11.2 Å². The van der Waals surface area contributed by atoms with Crippen molar-refractivity contribution in [1.82, 2.24) is 5.32 Å². The van der Waals surface area contributed by atoms with E-state index in [-0.39, 0.29) is 28.1 Å². The van der Waals surface area contributed by atoms with Crippen LogP contribution in [0.15, 0.2) is 22.7 Å². The molecule has 0 aliphatic carbocycles. The smallest absolute Gasteiger partial charge is 0.254 e. The van der Waals surface area contributed by atoms with Crippen LogP contribution in [0.1, 0.15) is 37.6 Å². The highest BCUT2D eigenvalue weighted by Gasteiger charge is 2.27. The van der Waals surface area contributed by atoms with Crippen molar-refractivity contribution >= 4 is 21.8 Å². The van der Waals surface area contributed by atoms with Gasteiger partial charge in [-0.3, -0.25) is 4.79 Å². The minimum Gasteiger partial charge on any atom is -0.396 e. The Morgan fingerprint density at radius 1 is 1.47 bits per heavy atom. The molecule has 0 aliphatic rings. The molecule has 1 aromatic carbocycles. The zero-order chi connectivity index (χ0) is 14.6. The van der Waals surface area contributed by atoms with Gasteiger partial charge in [0.15, 0.2) is 0 Å². The average Bonchev–Trinajstić information content (AvgIpc) is 2.30. The van der Waals surface area contributed by atoms with Crippen LogP contribution in [0.5, 0.6) is 0 Å². The van der Waals surface area contributed by atoms with E-state index >= 15 is 0 Å². The Hall–Kier alpha value is -0.940. The second kappa shape index (κ2) is 6.48. The summed E-state index contributed by atoms with van der Waals surface area (Å²) in [6.45, 7) is 5.86. The molecule has 1 aromatic rings. The van der Waals surface area contributed by atoms with E-state index in [1.165, 1.54) is 6.07 Å². The van der Waals surface area contributed by atoms with Crippen LogP contribution in [0.3, 0.4) is 0 Å². The maximum Gasteiger partial charge on any atom is 0.254 e. The van der Waals surface area contributed by atoms with Gasteiger partial charge in [-0.1, -0.05) is 26.8 Å². The quantitative estimate of drug-likeness (QED) is 0.890. The van der Waals surface area contributed by atoms with Crippen LogP contribution in [0.25, 0.3) is 0 Å². The second-order valence-corrected chi connectivity index (χ2v) is 6.36. The van der Waals surface area contributed by atoms with E-state index in [1.807, 2.05) is 20.8 Å². The topological polar surface area (TPSA) is 49.3 Å². The molecular weight excluding hydrogens is 313 g/mol. The van der Waals surface area contributed by atoms with Gasteiger partial charge in [0, 0.05) is 12.6 Å². The molecule has 0 saturated carbocycles. The minimum absolute atomic E-state index is 0.00145. The summed E-state index contributed by atoms with van der Waals surface area (Å²) >= 11 is 3.06. The Kier molecular flexibility index (Phi) is 5.50. The number of rotatable bonds is 4. The van der Waals surface area contributed by atoms with E-state index in [0.717, 1.165) is 0 Å². The lowest BCUT2D eigenvalue weighted by molar-refractivity contribution is 0.0881. The van der Waals surface area contributed by atoms with Crippen LogP contribution in [-0.4, -0.2) is 23.7 Å². The third kappa shape index (κ3) is 4.28. The Balaban J connectivity index is 2.91. The van der Waals surface area contributed by atoms with Gasteiger partial charge in [0.1, 0.15) is 5.82 Å². The van der Waals surface area contributed by atoms with E-state index in [4.69, 9.17) is 5.11 Å². The van der Waals surface area contributed by atoms with Gasteiger partial charge in [-0.2, -0.15) is 0 Å². The Morgan fingerprint density at radius 2 is 2.11 bits per heavy atom. The van der Waals surface area contributed by atoms with Crippen molar-refractivity contribution in [1.29, 1.82) is 0 Å². The van der Waals surface area contributed by atoms with Crippen molar-refractivity contribution in [2.24, 2.45) is 5.41 Å². The first-order valence-electron chi connectivity index (χ1n) is 6.13. The summed E-state index contributed by atoms with van der Waals surface area (Å²) in [6.07, 6.45) is 0.435. The van der Waals surface area contributed by atoms with Crippen LogP contribution in [0.4, 0.5) is 4.39 Å². The van der Waals surface area contributed by atoms with Crippen molar-refractivity contribution in [2.75, 3.05) is 6.61 Å². The SMILES string of the molecule is CC(C)(C)C(CCO)NC(=O)c1cccc(Br)c1F. The van der Waals surface area contributed by atoms with Crippen LogP contribution < -0.4 is 5.32 Å². The molecule has 2 N–H and O–H groups in total. The number of aliphatic hydroxyl groups excluding tert-OH is 1. The largest absolute Gasteiger partial charge is 0.396 e. The van der Waals surface area contributed by atoms with Gasteiger partial charge >= 0.3 is 0 Å². The fourth-order valence-electron chi connectivity index (χ4n) is 1.77. The zero-order valence-electron chi connectivity index (χ0n) is 11.3. The molecule has 3 nitrogen and oxygen atoms in total. The summed E-state index contributed by atoms with van der Waals surface area (Å²) in [5.41, 5.74) is -0.206. The van der Waals surface area contributed by atoms with Crippen LogP contribution in [0.2, 0.25) is 0 Å². The molecule has 0 aliphatic heterocycles. The molecule has 0 radical (unpaired) electrons. The van der Waals surface area contributed by atoms with E-state index in [1.54, 1.807) is 12.1 Å². The fraction of sp³-hybridized carbons (Fsp3) is 0.500. The molecule has 1 amide bonds. The first-order chi connectivity index (χ1) is 8.77. The van der Waals surface area contributed by atoms with Gasteiger partial charge in [-0.05, 0) is 39.9 Å². The van der Waals surface area contributed by atoms with Crippen molar-refractivity contribution < 1.29 is 14.3 Å². The maximum atomic E-state index is 13.8. The standard InChI is InChI=1S/C14H19BrFNO2/c1-14(2,3)11(7-8-18)17-13(19)9-5-4-6-10(15)12(9)16/h4-6,11,18H,7-8H2,1-3H3,(H,17,19). The summed E-state index contributed by atoms with van der Waals surface area (Å²) in [7, 11) is 0. The van der Waals surface area contributed by atoms with E-state index in [2.05, 4.69) is 21.2 Å². The predicted molar refractivity (Wildman–Crippen MR) is 76.5 cm³/mol. The van der Waals surface area contributed by atoms with Gasteiger partial charge < -0.3 is 10.4 Å². The lowest BCUT2D eigenvalue weighted by atomic mass is 9.84. The zero-order valence-corrected chi connectivity index (χ0v) is 12.9. The molecule has 1 rings (SSSR count). The molecule has 0 spiro atoms. The summed E-state index contributed by atoms with van der Waals surface area (Å²) in [5, 5.41) is 11.8. The number of hydrogen-bond donors (Lipinski definition) is 2. The molecule has 0 saturated heterocycles. The molecular formula is C14H19BrFNO2. The highest BCUT2D eigenvalue weighted by Crippen LogP contribution is 2.23. The second-order valence-electron chi connectivity index (χ2n) is 5.51. The first-order valence-corrected chi connectivity index (χ1v) is 6.92. The van der Waals surface area contributed by atoms with Crippen LogP contribution in [-0.2, 0) is 0 Å². The lowest BCUT2D eigenvalue weighted by Crippen LogP contribution is -2.44. The normalized spacial score (nSPS) is 13.2. The maximum absolute atomic E-state index is 13.8. The number of aliphatic hydroxyl groups is 1. The van der Waals surface area contributed by atoms with Crippen molar-refractivity contribution in [3.05, 3.63) is 34.1 Å². The molecule has 0 fully saturated rings. The summed E-state index contributed by atoms with van der Waals surface area (Å²) in [4.78, 5) is 12.1. The molecule has 106 valence electrons. The number of benzene rings is 1. The summed E-state index contributed by atoms with van der Waals surface area (Å²) < 4.78 is 14.1. The first kappa shape index (κ1) is 16.1. The van der Waals surface area contributed by atoms with E-state index in [0.29, 0.717) is 6.42 Å². The number of amides is 1. The molecule has 1 atom stereocenters. The van der Waals surface area contributed by atoms with Crippen LogP contribution >= 0.6 is 15.9 Å². The number of nitrogens with one attached hydrogen (secondary N) is 1. The number of carbonyl (C=O) groups excluding carboxylic acids is 1. The van der Waals surface area contributed by atoms with E-state index in [9.17, 15) is 9.18 Å². The Labute approximate surface area is 121 Å². The van der Waals surface area contributed by atoms with Gasteiger partial charge in [-0.25, -0.2) is 4.39 Å². The molecule has 0 bridgehead atoms. The minimum atomic E-state index is -0.573. The fourth-order valence-corrected chi connectivity index (χ4v) is 2.13. The molecule has 5 heteroatoms. The van der Waals surface area contributed by atoms with Gasteiger partial charge in [-0.15, -0.1) is 0 Å². The monoisotopic (exact) mass is 331 g/mol. The number of carbonyl (C=O) groups is 1. The Bertz CT molecular complexity index is 457. The molecule has 19 heavy (non-hydrogen) atoms. The highest BCUT2D eigenvalue weighted by atomic mass is 79.9. The Morgan fingerprint density at radius 3 is 2.63 bits per heavy atom. The highest BCUT2D eigenvalue weighted by molar-refractivity contribution is 9.10. The van der Waals surface area contributed by atoms with Gasteiger partial charge in [0.05, 0.1) is 10.0 Å². The van der Waals surface area contributed by atoms with E-state index < -0.39 is 11.7 Å². The van der Waals surface area contributed by atoms with Gasteiger partial charge in [0.25, 0.3) is 5.91 Å². The van der Waals surface area contributed by atoms with Gasteiger partial charge in [0.2, 0.25) is 0 Å². The molecule has 1 unspecified atom stereocenters. The lowest BCUT2D eigenvalue weighted by Gasteiger charge is -2.31. The number of hydrogen-bond acceptors (Lipinski definition) is 2. The average molecular weight is 332 g/mol. The third-order valence-corrected chi connectivity index (χ3v) is 3.58. The summed E-state index contributed by atoms with van der Waals surface area (Å²) in [6, 6.07) is 4.37. The third-order valence-electron chi connectivity index (χ3n) is 2.96. The number of halogens is 2. The van der Waals surface area contributed by atoms with Crippen molar-refractivity contribution in [3.63, 3.8) is 0 Å². The predicted octanol–water partition coefficient (Wildman–Crippen LogP) is 3.12. The molecule has 0 heterocycles. The summed E-state index contributed by atoms with van der Waals surface area (Å²) in [5.74, 6) is -1.04. The van der Waals surface area contributed by atoms with Crippen molar-refractivity contribution in [2.45, 2.75) is 33.2 Å².